The maximum atomic E-state index is 11.8. The van der Waals surface area contributed by atoms with Gasteiger partial charge in [-0.25, -0.2) is 0 Å². The van der Waals surface area contributed by atoms with E-state index in [2.05, 4.69) is 5.32 Å². The molecule has 0 unspecified atom stereocenters. The van der Waals surface area contributed by atoms with E-state index in [4.69, 9.17) is 10.5 Å². The summed E-state index contributed by atoms with van der Waals surface area (Å²) < 4.78 is 5.05. The zero-order valence-electron chi connectivity index (χ0n) is 11.1. The van der Waals surface area contributed by atoms with Crippen molar-refractivity contribution in [2.45, 2.75) is 25.9 Å². The molecular formula is C14H16N2O4. The minimum absolute atomic E-state index is 0.0416. The highest BCUT2D eigenvalue weighted by Crippen LogP contribution is 2.30. The summed E-state index contributed by atoms with van der Waals surface area (Å²) in [4.78, 5) is 34.2. The van der Waals surface area contributed by atoms with Crippen LogP contribution in [0.15, 0.2) is 24.3 Å². The minimum Gasteiger partial charge on any atom is -0.452 e. The van der Waals surface area contributed by atoms with Crippen LogP contribution < -0.4 is 11.1 Å². The van der Waals surface area contributed by atoms with Crippen LogP contribution in [0.2, 0.25) is 0 Å². The molecule has 20 heavy (non-hydrogen) atoms. The minimum atomic E-state index is -0.848. The molecule has 6 heteroatoms. The van der Waals surface area contributed by atoms with Crippen molar-refractivity contribution >= 4 is 23.5 Å². The highest BCUT2D eigenvalue weighted by atomic mass is 16.5. The van der Waals surface area contributed by atoms with Gasteiger partial charge in [0.05, 0.1) is 5.92 Å². The van der Waals surface area contributed by atoms with E-state index in [1.165, 1.54) is 19.1 Å². The monoisotopic (exact) mass is 276 g/mol. The Bertz CT molecular complexity index is 535. The molecule has 0 aromatic heterocycles. The van der Waals surface area contributed by atoms with Crippen molar-refractivity contribution in [1.29, 1.82) is 0 Å². The zero-order valence-corrected chi connectivity index (χ0v) is 11.1. The number of amides is 2. The number of ether oxygens (including phenoxy) is 1. The van der Waals surface area contributed by atoms with Crippen molar-refractivity contribution in [2.75, 3.05) is 5.32 Å². The fourth-order valence-electron chi connectivity index (χ4n) is 1.60. The molecule has 1 aliphatic carbocycles. The molecule has 0 radical (unpaired) electrons. The molecule has 2 amide bonds. The van der Waals surface area contributed by atoms with Crippen LogP contribution >= 0.6 is 0 Å². The number of anilines is 1. The lowest BCUT2D eigenvalue weighted by Crippen LogP contribution is -2.30. The van der Waals surface area contributed by atoms with Gasteiger partial charge in [0.15, 0.2) is 6.10 Å². The van der Waals surface area contributed by atoms with Crippen molar-refractivity contribution in [2.24, 2.45) is 11.7 Å². The smallest absolute Gasteiger partial charge is 0.309 e. The van der Waals surface area contributed by atoms with Gasteiger partial charge in [-0.1, -0.05) is 0 Å². The van der Waals surface area contributed by atoms with Crippen LogP contribution in [0.3, 0.4) is 0 Å². The van der Waals surface area contributed by atoms with E-state index < -0.39 is 17.9 Å². The topological polar surface area (TPSA) is 98.5 Å². The van der Waals surface area contributed by atoms with E-state index in [1.807, 2.05) is 0 Å². The Kier molecular flexibility index (Phi) is 4.02. The van der Waals surface area contributed by atoms with Gasteiger partial charge in [-0.3, -0.25) is 14.4 Å². The molecule has 0 bridgehead atoms. The summed E-state index contributed by atoms with van der Waals surface area (Å²) in [6.07, 6.45) is 0.822. The Labute approximate surface area is 116 Å². The van der Waals surface area contributed by atoms with Gasteiger partial charge in [-0.05, 0) is 44.0 Å². The molecule has 0 spiro atoms. The Morgan fingerprint density at radius 3 is 2.35 bits per heavy atom. The van der Waals surface area contributed by atoms with Crippen LogP contribution in [0.5, 0.6) is 0 Å². The molecule has 3 N–H and O–H groups in total. The summed E-state index contributed by atoms with van der Waals surface area (Å²) >= 11 is 0. The molecular weight excluding hydrogens is 260 g/mol. The third-order valence-electron chi connectivity index (χ3n) is 3.01. The van der Waals surface area contributed by atoms with Crippen LogP contribution in [0.25, 0.3) is 0 Å². The van der Waals surface area contributed by atoms with Crippen LogP contribution in [0, 0.1) is 5.92 Å². The third-order valence-corrected chi connectivity index (χ3v) is 3.01. The molecule has 1 fully saturated rings. The standard InChI is InChI=1S/C14H16N2O4/c1-8(20-14(19)10-2-3-10)13(18)16-11-6-4-9(5-7-11)12(15)17/h4-8,10H,2-3H2,1H3,(H2,15,17)(H,16,18)/t8-/m1/s1. The first-order valence-electron chi connectivity index (χ1n) is 6.38. The summed E-state index contributed by atoms with van der Waals surface area (Å²) in [7, 11) is 0. The lowest BCUT2D eigenvalue weighted by atomic mass is 10.2. The maximum absolute atomic E-state index is 11.8. The van der Waals surface area contributed by atoms with Gasteiger partial charge in [0.1, 0.15) is 0 Å². The van der Waals surface area contributed by atoms with Gasteiger partial charge in [0.25, 0.3) is 5.91 Å². The molecule has 2 rings (SSSR count). The number of nitrogens with one attached hydrogen (secondary N) is 1. The van der Waals surface area contributed by atoms with E-state index in [1.54, 1.807) is 12.1 Å². The molecule has 1 saturated carbocycles. The van der Waals surface area contributed by atoms with Gasteiger partial charge in [0.2, 0.25) is 5.91 Å². The van der Waals surface area contributed by atoms with E-state index in [-0.39, 0.29) is 11.9 Å². The van der Waals surface area contributed by atoms with Gasteiger partial charge in [-0.2, -0.15) is 0 Å². The first kappa shape index (κ1) is 14.0. The van der Waals surface area contributed by atoms with Crippen LogP contribution in [-0.2, 0) is 14.3 Å². The second-order valence-corrected chi connectivity index (χ2v) is 4.78. The number of hydrogen-bond acceptors (Lipinski definition) is 4. The number of nitrogens with two attached hydrogens (primary N) is 1. The summed E-state index contributed by atoms with van der Waals surface area (Å²) in [5, 5.41) is 2.60. The van der Waals surface area contributed by atoms with E-state index in [0.29, 0.717) is 11.3 Å². The molecule has 1 aliphatic rings. The quantitative estimate of drug-likeness (QED) is 0.786. The highest BCUT2D eigenvalue weighted by molar-refractivity contribution is 5.96. The average molecular weight is 276 g/mol. The molecule has 0 saturated heterocycles. The van der Waals surface area contributed by atoms with Gasteiger partial charge >= 0.3 is 5.97 Å². The summed E-state index contributed by atoms with van der Waals surface area (Å²) in [6, 6.07) is 6.15. The van der Waals surface area contributed by atoms with Crippen LogP contribution in [0.4, 0.5) is 5.69 Å². The zero-order chi connectivity index (χ0) is 14.7. The lowest BCUT2D eigenvalue weighted by Gasteiger charge is -2.13. The van der Waals surface area contributed by atoms with Crippen molar-refractivity contribution in [3.8, 4) is 0 Å². The first-order valence-corrected chi connectivity index (χ1v) is 6.38. The maximum Gasteiger partial charge on any atom is 0.309 e. The van der Waals surface area contributed by atoms with E-state index in [0.717, 1.165) is 12.8 Å². The van der Waals surface area contributed by atoms with Gasteiger partial charge < -0.3 is 15.8 Å². The van der Waals surface area contributed by atoms with E-state index >= 15 is 0 Å². The molecule has 6 nitrogen and oxygen atoms in total. The van der Waals surface area contributed by atoms with Crippen molar-refractivity contribution < 1.29 is 19.1 Å². The highest BCUT2D eigenvalue weighted by Gasteiger charge is 2.33. The van der Waals surface area contributed by atoms with Crippen LogP contribution in [0.1, 0.15) is 30.1 Å². The predicted molar refractivity (Wildman–Crippen MR) is 71.9 cm³/mol. The molecule has 1 aromatic rings. The summed E-state index contributed by atoms with van der Waals surface area (Å²) in [5.74, 6) is -1.31. The average Bonchev–Trinajstić information content (AvgIpc) is 3.23. The molecule has 106 valence electrons. The molecule has 1 atom stereocenters. The van der Waals surface area contributed by atoms with E-state index in [9.17, 15) is 14.4 Å². The SMILES string of the molecule is C[C@@H](OC(=O)C1CC1)C(=O)Nc1ccc(C(N)=O)cc1. The number of benzene rings is 1. The Morgan fingerprint density at radius 2 is 1.85 bits per heavy atom. The molecule has 1 aromatic carbocycles. The molecule has 0 aliphatic heterocycles. The Morgan fingerprint density at radius 1 is 1.25 bits per heavy atom. The number of carbonyl (C=O) groups excluding carboxylic acids is 3. The largest absolute Gasteiger partial charge is 0.452 e. The second kappa shape index (κ2) is 5.73. The third kappa shape index (κ3) is 3.57. The number of carbonyl (C=O) groups is 3. The van der Waals surface area contributed by atoms with Gasteiger partial charge in [-0.15, -0.1) is 0 Å². The number of esters is 1. The fraction of sp³-hybridized carbons (Fsp3) is 0.357. The second-order valence-electron chi connectivity index (χ2n) is 4.78. The fourth-order valence-corrected chi connectivity index (χ4v) is 1.60. The Hall–Kier alpha value is -2.37. The number of hydrogen-bond donors (Lipinski definition) is 2. The van der Waals surface area contributed by atoms with Crippen molar-refractivity contribution in [3.63, 3.8) is 0 Å². The van der Waals surface area contributed by atoms with Gasteiger partial charge in [0, 0.05) is 11.3 Å². The number of rotatable bonds is 5. The van der Waals surface area contributed by atoms with Crippen molar-refractivity contribution in [1.82, 2.24) is 0 Å². The predicted octanol–water partition coefficient (Wildman–Crippen LogP) is 1.07. The van der Waals surface area contributed by atoms with Crippen LogP contribution in [-0.4, -0.2) is 23.9 Å². The molecule has 0 heterocycles. The van der Waals surface area contributed by atoms with Crippen molar-refractivity contribution in [3.05, 3.63) is 29.8 Å². The first-order chi connectivity index (χ1) is 9.47. The Balaban J connectivity index is 1.89. The summed E-state index contributed by atoms with van der Waals surface area (Å²) in [6.45, 7) is 1.52. The lowest BCUT2D eigenvalue weighted by molar-refractivity contribution is -0.154. The summed E-state index contributed by atoms with van der Waals surface area (Å²) in [5.41, 5.74) is 5.98. The number of primary amides is 1. The normalized spacial score (nSPS) is 15.2.